The van der Waals surface area contributed by atoms with Crippen molar-refractivity contribution in [1.29, 1.82) is 0 Å². The van der Waals surface area contributed by atoms with E-state index in [0.717, 1.165) is 17.1 Å². The van der Waals surface area contributed by atoms with Gasteiger partial charge in [0.15, 0.2) is 9.84 Å². The first kappa shape index (κ1) is 16.1. The second kappa shape index (κ2) is 6.03. The van der Waals surface area contributed by atoms with Crippen LogP contribution >= 0.6 is 0 Å². The quantitative estimate of drug-likeness (QED) is 0.818. The summed E-state index contributed by atoms with van der Waals surface area (Å²) < 4.78 is 34.1. The van der Waals surface area contributed by atoms with Crippen LogP contribution in [0, 0.1) is 5.92 Å². The van der Waals surface area contributed by atoms with Crippen LogP contribution in [0.25, 0.3) is 0 Å². The van der Waals surface area contributed by atoms with Crippen molar-refractivity contribution in [3.05, 3.63) is 23.8 Å². The molecule has 126 valence electrons. The Balaban J connectivity index is 1.68. The molecular weight excluding hydrogens is 318 g/mol. The highest BCUT2D eigenvalue weighted by Crippen LogP contribution is 2.32. The number of amides is 1. The van der Waals surface area contributed by atoms with Crippen molar-refractivity contribution >= 4 is 15.7 Å². The molecule has 23 heavy (non-hydrogen) atoms. The third kappa shape index (κ3) is 3.29. The molecule has 2 atom stereocenters. The average Bonchev–Trinajstić information content (AvgIpc) is 3.03. The standard InChI is InChI=1S/C16H21NO5S/c1-21-13-4-3-11-7-12(10-22-15(11)8-13)16(18)17-6-5-14(9-17)23(2,19)20/h3-4,8,12,14H,5-7,9-10H2,1-2H3. The average molecular weight is 339 g/mol. The zero-order chi connectivity index (χ0) is 16.6. The maximum Gasteiger partial charge on any atom is 0.229 e. The van der Waals surface area contributed by atoms with Crippen molar-refractivity contribution in [2.24, 2.45) is 5.92 Å². The van der Waals surface area contributed by atoms with Crippen molar-refractivity contribution in [2.75, 3.05) is 33.1 Å². The number of likely N-dealkylation sites (tertiary alicyclic amines) is 1. The summed E-state index contributed by atoms with van der Waals surface area (Å²) in [5, 5.41) is -0.437. The summed E-state index contributed by atoms with van der Waals surface area (Å²) in [4.78, 5) is 14.3. The molecule has 0 bridgehead atoms. The minimum atomic E-state index is -3.10. The predicted molar refractivity (Wildman–Crippen MR) is 85.5 cm³/mol. The number of methoxy groups -OCH3 is 1. The van der Waals surface area contributed by atoms with E-state index in [1.807, 2.05) is 18.2 Å². The number of sulfone groups is 1. The molecule has 1 aromatic rings. The van der Waals surface area contributed by atoms with E-state index in [0.29, 0.717) is 32.5 Å². The van der Waals surface area contributed by atoms with E-state index in [-0.39, 0.29) is 11.8 Å². The lowest BCUT2D eigenvalue weighted by atomic mass is 9.95. The fourth-order valence-electron chi connectivity index (χ4n) is 3.17. The number of carbonyl (C=O) groups is 1. The first-order chi connectivity index (χ1) is 10.9. The molecule has 0 aliphatic carbocycles. The smallest absolute Gasteiger partial charge is 0.229 e. The minimum Gasteiger partial charge on any atom is -0.497 e. The molecule has 2 heterocycles. The zero-order valence-corrected chi connectivity index (χ0v) is 14.1. The van der Waals surface area contributed by atoms with Gasteiger partial charge in [-0.3, -0.25) is 4.79 Å². The molecule has 1 fully saturated rings. The largest absolute Gasteiger partial charge is 0.497 e. The summed E-state index contributed by atoms with van der Waals surface area (Å²) in [6, 6.07) is 5.59. The highest BCUT2D eigenvalue weighted by molar-refractivity contribution is 7.91. The third-order valence-corrected chi connectivity index (χ3v) is 6.19. The van der Waals surface area contributed by atoms with Crippen LogP contribution in [0.5, 0.6) is 11.5 Å². The second-order valence-electron chi connectivity index (χ2n) is 6.21. The molecule has 2 unspecified atom stereocenters. The van der Waals surface area contributed by atoms with Gasteiger partial charge in [-0.1, -0.05) is 6.07 Å². The lowest BCUT2D eigenvalue weighted by molar-refractivity contribution is -0.135. The highest BCUT2D eigenvalue weighted by atomic mass is 32.2. The van der Waals surface area contributed by atoms with E-state index < -0.39 is 15.1 Å². The maximum atomic E-state index is 12.6. The maximum absolute atomic E-state index is 12.6. The first-order valence-electron chi connectivity index (χ1n) is 7.66. The van der Waals surface area contributed by atoms with Crippen LogP contribution < -0.4 is 9.47 Å². The molecule has 0 aromatic heterocycles. The lowest BCUT2D eigenvalue weighted by Crippen LogP contribution is -2.40. The van der Waals surface area contributed by atoms with Crippen molar-refractivity contribution < 1.29 is 22.7 Å². The molecule has 6 nitrogen and oxygen atoms in total. The molecule has 0 N–H and O–H groups in total. The molecule has 2 aliphatic rings. The number of carbonyl (C=O) groups excluding carboxylic acids is 1. The van der Waals surface area contributed by atoms with E-state index in [1.54, 1.807) is 12.0 Å². The fourth-order valence-corrected chi connectivity index (χ4v) is 4.16. The summed E-state index contributed by atoms with van der Waals surface area (Å²) in [5.74, 6) is 1.21. The Morgan fingerprint density at radius 2 is 2.17 bits per heavy atom. The summed E-state index contributed by atoms with van der Waals surface area (Å²) in [5.41, 5.74) is 0.981. The second-order valence-corrected chi connectivity index (χ2v) is 8.54. The van der Waals surface area contributed by atoms with Gasteiger partial charge >= 0.3 is 0 Å². The van der Waals surface area contributed by atoms with Gasteiger partial charge in [0.2, 0.25) is 5.91 Å². The molecule has 0 saturated carbocycles. The van der Waals surface area contributed by atoms with Gasteiger partial charge in [0.1, 0.15) is 18.1 Å². The minimum absolute atomic E-state index is 0.0161. The van der Waals surface area contributed by atoms with Crippen LogP contribution in [0.4, 0.5) is 0 Å². The van der Waals surface area contributed by atoms with E-state index in [9.17, 15) is 13.2 Å². The topological polar surface area (TPSA) is 72.9 Å². The van der Waals surface area contributed by atoms with Gasteiger partial charge in [-0.15, -0.1) is 0 Å². The summed E-state index contributed by atoms with van der Waals surface area (Å²) in [7, 11) is -1.50. The first-order valence-corrected chi connectivity index (χ1v) is 9.61. The lowest BCUT2D eigenvalue weighted by Gasteiger charge is -2.28. The van der Waals surface area contributed by atoms with Gasteiger partial charge in [0.25, 0.3) is 0 Å². The van der Waals surface area contributed by atoms with E-state index in [1.165, 1.54) is 6.26 Å². The Labute approximate surface area is 136 Å². The zero-order valence-electron chi connectivity index (χ0n) is 13.3. The van der Waals surface area contributed by atoms with Crippen LogP contribution in [0.1, 0.15) is 12.0 Å². The highest BCUT2D eigenvalue weighted by Gasteiger charge is 2.36. The normalized spacial score (nSPS) is 24.0. The van der Waals surface area contributed by atoms with Gasteiger partial charge in [0, 0.05) is 25.4 Å². The third-order valence-electron chi connectivity index (χ3n) is 4.59. The number of fused-ring (bicyclic) bond motifs is 1. The monoisotopic (exact) mass is 339 g/mol. The van der Waals surface area contributed by atoms with Crippen molar-refractivity contribution in [1.82, 2.24) is 4.90 Å². The Morgan fingerprint density at radius 1 is 1.39 bits per heavy atom. The molecule has 1 aromatic carbocycles. The molecule has 7 heteroatoms. The Hall–Kier alpha value is -1.76. The summed E-state index contributed by atoms with van der Waals surface area (Å²) in [6.07, 6.45) is 2.36. The molecular formula is C16H21NO5S. The number of hydrogen-bond acceptors (Lipinski definition) is 5. The van der Waals surface area contributed by atoms with Gasteiger partial charge in [-0.25, -0.2) is 8.42 Å². The van der Waals surface area contributed by atoms with E-state index >= 15 is 0 Å². The molecule has 3 rings (SSSR count). The molecule has 1 amide bonds. The molecule has 0 radical (unpaired) electrons. The van der Waals surface area contributed by atoms with Gasteiger partial charge in [-0.2, -0.15) is 0 Å². The van der Waals surface area contributed by atoms with Crippen molar-refractivity contribution in [3.63, 3.8) is 0 Å². The number of benzene rings is 1. The van der Waals surface area contributed by atoms with Crippen molar-refractivity contribution in [3.8, 4) is 11.5 Å². The Kier molecular flexibility index (Phi) is 4.23. The van der Waals surface area contributed by atoms with Crippen LogP contribution in [-0.2, 0) is 21.1 Å². The Morgan fingerprint density at radius 3 is 2.83 bits per heavy atom. The molecule has 0 spiro atoms. The number of ether oxygens (including phenoxy) is 2. The predicted octanol–water partition coefficient (Wildman–Crippen LogP) is 0.892. The van der Waals surface area contributed by atoms with Crippen molar-refractivity contribution in [2.45, 2.75) is 18.1 Å². The summed E-state index contributed by atoms with van der Waals surface area (Å²) >= 11 is 0. The van der Waals surface area contributed by atoms with Crippen LogP contribution in [0.15, 0.2) is 18.2 Å². The number of nitrogens with zero attached hydrogens (tertiary/aromatic N) is 1. The van der Waals surface area contributed by atoms with Gasteiger partial charge in [-0.05, 0) is 24.5 Å². The summed E-state index contributed by atoms with van der Waals surface area (Å²) in [6.45, 7) is 1.12. The SMILES string of the molecule is COc1ccc2c(c1)OCC(C(=O)N1CCC(S(C)(=O)=O)C1)C2. The van der Waals surface area contributed by atoms with E-state index in [2.05, 4.69) is 0 Å². The molecule has 1 saturated heterocycles. The van der Waals surface area contributed by atoms with Gasteiger partial charge < -0.3 is 14.4 Å². The van der Waals surface area contributed by atoms with Crippen LogP contribution in [0.3, 0.4) is 0 Å². The van der Waals surface area contributed by atoms with E-state index in [4.69, 9.17) is 9.47 Å². The number of rotatable bonds is 3. The fraction of sp³-hybridized carbons (Fsp3) is 0.562. The Bertz CT molecular complexity index is 715. The van der Waals surface area contributed by atoms with Crippen LogP contribution in [0.2, 0.25) is 0 Å². The van der Waals surface area contributed by atoms with Gasteiger partial charge in [0.05, 0.1) is 18.3 Å². The van der Waals surface area contributed by atoms with Crippen LogP contribution in [-0.4, -0.2) is 57.5 Å². The molecule has 2 aliphatic heterocycles. The number of hydrogen-bond donors (Lipinski definition) is 0.